The minimum absolute atomic E-state index is 0.0189. The van der Waals surface area contributed by atoms with E-state index in [1.807, 2.05) is 42.5 Å². The fraction of sp³-hybridized carbons (Fsp3) is 0.312. The highest BCUT2D eigenvalue weighted by atomic mass is 16.1. The van der Waals surface area contributed by atoms with Crippen LogP contribution in [0.4, 0.5) is 0 Å². The van der Waals surface area contributed by atoms with E-state index >= 15 is 0 Å². The van der Waals surface area contributed by atoms with E-state index in [4.69, 9.17) is 5.73 Å². The first-order valence-electron chi connectivity index (χ1n) is 6.68. The van der Waals surface area contributed by atoms with Gasteiger partial charge in [0, 0.05) is 12.1 Å². The van der Waals surface area contributed by atoms with Crippen LogP contribution in [-0.4, -0.2) is 19.0 Å². The van der Waals surface area contributed by atoms with E-state index in [0.717, 1.165) is 17.2 Å². The van der Waals surface area contributed by atoms with Crippen LogP contribution < -0.4 is 11.1 Å². The van der Waals surface area contributed by atoms with E-state index < -0.39 is 0 Å². The van der Waals surface area contributed by atoms with Crippen molar-refractivity contribution in [3.63, 3.8) is 0 Å². The third-order valence-corrected chi connectivity index (χ3v) is 3.28. The number of carbonyl (C=O) groups excluding carboxylic acids is 1. The van der Waals surface area contributed by atoms with Crippen LogP contribution >= 0.6 is 0 Å². The molecule has 0 fully saturated rings. The number of rotatable bonds is 5. The van der Waals surface area contributed by atoms with Gasteiger partial charge in [-0.25, -0.2) is 0 Å². The van der Waals surface area contributed by atoms with E-state index in [1.165, 1.54) is 0 Å². The number of nitrogens with two attached hydrogens (primary N) is 1. The first-order valence-corrected chi connectivity index (χ1v) is 6.68. The molecule has 0 aliphatic heterocycles. The van der Waals surface area contributed by atoms with Gasteiger partial charge in [0.05, 0.1) is 0 Å². The largest absolute Gasteiger partial charge is 0.352 e. The highest BCUT2D eigenvalue weighted by Gasteiger charge is 2.08. The molecule has 3 N–H and O–H groups in total. The molecule has 2 aromatic carbocycles. The van der Waals surface area contributed by atoms with Crippen LogP contribution in [0, 0.1) is 5.92 Å². The Kier molecular flexibility index (Phi) is 4.53. The Morgan fingerprint density at radius 2 is 1.95 bits per heavy atom. The van der Waals surface area contributed by atoms with Crippen molar-refractivity contribution in [2.45, 2.75) is 13.3 Å². The molecule has 2 rings (SSSR count). The summed E-state index contributed by atoms with van der Waals surface area (Å²) in [5.41, 5.74) is 6.20. The van der Waals surface area contributed by atoms with Crippen molar-refractivity contribution in [1.82, 2.24) is 5.32 Å². The number of hydrogen-bond donors (Lipinski definition) is 2. The van der Waals surface area contributed by atoms with Gasteiger partial charge in [0.15, 0.2) is 0 Å². The Morgan fingerprint density at radius 3 is 2.68 bits per heavy atom. The van der Waals surface area contributed by atoms with Crippen molar-refractivity contribution in [2.24, 2.45) is 11.7 Å². The summed E-state index contributed by atoms with van der Waals surface area (Å²) in [6.07, 6.45) is 0.929. The molecular weight excluding hydrogens is 236 g/mol. The lowest BCUT2D eigenvalue weighted by Gasteiger charge is -2.11. The summed E-state index contributed by atoms with van der Waals surface area (Å²) in [5, 5.41) is 5.19. The zero-order chi connectivity index (χ0) is 13.7. The summed E-state index contributed by atoms with van der Waals surface area (Å²) in [6, 6.07) is 13.8. The highest BCUT2D eigenvalue weighted by molar-refractivity contribution is 5.98. The predicted octanol–water partition coefficient (Wildman–Crippen LogP) is 2.55. The van der Waals surface area contributed by atoms with Gasteiger partial charge in [-0.1, -0.05) is 37.3 Å². The molecule has 0 aliphatic carbocycles. The number of carbonyl (C=O) groups is 1. The maximum Gasteiger partial charge on any atom is 0.251 e. The van der Waals surface area contributed by atoms with E-state index in [2.05, 4.69) is 12.2 Å². The summed E-state index contributed by atoms with van der Waals surface area (Å²) in [6.45, 7) is 3.42. The summed E-state index contributed by atoms with van der Waals surface area (Å²) < 4.78 is 0. The number of benzene rings is 2. The molecule has 0 heterocycles. The molecule has 0 aliphatic rings. The lowest BCUT2D eigenvalue weighted by molar-refractivity contribution is 0.0947. The van der Waals surface area contributed by atoms with Crippen molar-refractivity contribution < 1.29 is 4.79 Å². The Labute approximate surface area is 113 Å². The molecule has 2 aromatic rings. The van der Waals surface area contributed by atoms with Gasteiger partial charge in [-0.15, -0.1) is 0 Å². The molecule has 3 nitrogen and oxygen atoms in total. The first kappa shape index (κ1) is 13.6. The second-order valence-electron chi connectivity index (χ2n) is 4.95. The fourth-order valence-electron chi connectivity index (χ4n) is 2.09. The predicted molar refractivity (Wildman–Crippen MR) is 79.1 cm³/mol. The van der Waals surface area contributed by atoms with Crippen molar-refractivity contribution in [3.05, 3.63) is 48.0 Å². The molecule has 0 spiro atoms. The molecule has 0 bridgehead atoms. The third kappa shape index (κ3) is 3.55. The molecule has 0 radical (unpaired) electrons. The number of hydrogen-bond acceptors (Lipinski definition) is 2. The van der Waals surface area contributed by atoms with Crippen LogP contribution in [0.1, 0.15) is 23.7 Å². The van der Waals surface area contributed by atoms with Gasteiger partial charge >= 0.3 is 0 Å². The van der Waals surface area contributed by atoms with Crippen molar-refractivity contribution >= 4 is 16.7 Å². The Morgan fingerprint density at radius 1 is 1.21 bits per heavy atom. The van der Waals surface area contributed by atoms with Gasteiger partial charge in [0.2, 0.25) is 0 Å². The summed E-state index contributed by atoms with van der Waals surface area (Å²) in [7, 11) is 0. The Balaban J connectivity index is 2.05. The Hall–Kier alpha value is -1.87. The van der Waals surface area contributed by atoms with Crippen molar-refractivity contribution in [3.8, 4) is 0 Å². The topological polar surface area (TPSA) is 55.1 Å². The van der Waals surface area contributed by atoms with Gasteiger partial charge in [-0.3, -0.25) is 4.79 Å². The van der Waals surface area contributed by atoms with Crippen LogP contribution in [-0.2, 0) is 0 Å². The van der Waals surface area contributed by atoms with Gasteiger partial charge in [-0.05, 0) is 41.8 Å². The number of nitrogens with one attached hydrogen (secondary N) is 1. The monoisotopic (exact) mass is 256 g/mol. The molecular formula is C16H20N2O. The zero-order valence-corrected chi connectivity index (χ0v) is 11.2. The normalized spacial score (nSPS) is 12.3. The van der Waals surface area contributed by atoms with Crippen LogP contribution in [0.15, 0.2) is 42.5 Å². The maximum atomic E-state index is 12.1. The minimum atomic E-state index is -0.0189. The van der Waals surface area contributed by atoms with Gasteiger partial charge < -0.3 is 11.1 Å². The lowest BCUT2D eigenvalue weighted by Crippen LogP contribution is -2.29. The SMILES string of the molecule is CC(CCN)CNC(=O)c1ccc2ccccc2c1. The second kappa shape index (κ2) is 6.34. The van der Waals surface area contributed by atoms with E-state index in [0.29, 0.717) is 24.6 Å². The van der Waals surface area contributed by atoms with E-state index in [9.17, 15) is 4.79 Å². The number of amides is 1. The Bertz CT molecular complexity index is 565. The van der Waals surface area contributed by atoms with Gasteiger partial charge in [-0.2, -0.15) is 0 Å². The molecule has 100 valence electrons. The van der Waals surface area contributed by atoms with Crippen LogP contribution in [0.5, 0.6) is 0 Å². The fourth-order valence-corrected chi connectivity index (χ4v) is 2.09. The van der Waals surface area contributed by atoms with Crippen LogP contribution in [0.2, 0.25) is 0 Å². The van der Waals surface area contributed by atoms with Crippen molar-refractivity contribution in [2.75, 3.05) is 13.1 Å². The third-order valence-electron chi connectivity index (χ3n) is 3.28. The molecule has 0 saturated heterocycles. The van der Waals surface area contributed by atoms with E-state index in [1.54, 1.807) is 0 Å². The first-order chi connectivity index (χ1) is 9.20. The summed E-state index contributed by atoms with van der Waals surface area (Å²) in [5.74, 6) is 0.393. The maximum absolute atomic E-state index is 12.1. The van der Waals surface area contributed by atoms with Crippen LogP contribution in [0.3, 0.4) is 0 Å². The standard InChI is InChI=1S/C16H20N2O/c1-12(8-9-17)11-18-16(19)15-7-6-13-4-2-3-5-14(13)10-15/h2-7,10,12H,8-9,11,17H2,1H3,(H,18,19). The molecule has 19 heavy (non-hydrogen) atoms. The minimum Gasteiger partial charge on any atom is -0.352 e. The summed E-state index contributed by atoms with van der Waals surface area (Å²) in [4.78, 5) is 12.1. The molecule has 0 aromatic heterocycles. The smallest absolute Gasteiger partial charge is 0.251 e. The molecule has 3 heteroatoms. The molecule has 1 atom stereocenters. The highest BCUT2D eigenvalue weighted by Crippen LogP contribution is 2.15. The quantitative estimate of drug-likeness (QED) is 0.863. The summed E-state index contributed by atoms with van der Waals surface area (Å²) >= 11 is 0. The molecule has 1 amide bonds. The molecule has 1 unspecified atom stereocenters. The van der Waals surface area contributed by atoms with Gasteiger partial charge in [0.1, 0.15) is 0 Å². The van der Waals surface area contributed by atoms with Gasteiger partial charge in [0.25, 0.3) is 5.91 Å². The number of fused-ring (bicyclic) bond motifs is 1. The average molecular weight is 256 g/mol. The zero-order valence-electron chi connectivity index (χ0n) is 11.2. The van der Waals surface area contributed by atoms with E-state index in [-0.39, 0.29) is 5.91 Å². The van der Waals surface area contributed by atoms with Crippen molar-refractivity contribution in [1.29, 1.82) is 0 Å². The van der Waals surface area contributed by atoms with Crippen LogP contribution in [0.25, 0.3) is 10.8 Å². The molecule has 0 saturated carbocycles. The second-order valence-corrected chi connectivity index (χ2v) is 4.95. The average Bonchev–Trinajstić information content (AvgIpc) is 2.44. The lowest BCUT2D eigenvalue weighted by atomic mass is 10.1.